The van der Waals surface area contributed by atoms with Crippen LogP contribution in [-0.2, 0) is 6.54 Å². The zero-order chi connectivity index (χ0) is 23.8. The molecule has 4 heteroatoms. The Balaban J connectivity index is 1.63. The SMILES string of the molecule is CCN(CC)C(=O)c1ccc(C(=C2CCNCC2)c2cccc(NCc3ccccc3)c2)cc1. The van der Waals surface area contributed by atoms with E-state index in [2.05, 4.69) is 71.3 Å². The molecule has 0 radical (unpaired) electrons. The standard InChI is InChI=1S/C30H35N3O/c1-3-33(4-2)30(34)26-15-13-24(14-16-26)29(25-17-19-31-20-18-25)27-11-8-12-28(21-27)32-22-23-9-6-5-7-10-23/h5-16,21,31-32H,3-4,17-20,22H2,1-2H3. The Morgan fingerprint density at radius 1 is 0.824 bits per heavy atom. The van der Waals surface area contributed by atoms with Crippen LogP contribution >= 0.6 is 0 Å². The van der Waals surface area contributed by atoms with Gasteiger partial charge in [0.25, 0.3) is 5.91 Å². The highest BCUT2D eigenvalue weighted by Crippen LogP contribution is 2.32. The summed E-state index contributed by atoms with van der Waals surface area (Å²) >= 11 is 0. The van der Waals surface area contributed by atoms with Gasteiger partial charge in [-0.25, -0.2) is 0 Å². The molecular formula is C30H35N3O. The minimum Gasteiger partial charge on any atom is -0.381 e. The van der Waals surface area contributed by atoms with Crippen LogP contribution in [0.1, 0.15) is 53.7 Å². The maximum atomic E-state index is 12.8. The van der Waals surface area contributed by atoms with Gasteiger partial charge in [0.2, 0.25) is 0 Å². The Hall–Kier alpha value is -3.37. The average Bonchev–Trinajstić information content (AvgIpc) is 2.90. The lowest BCUT2D eigenvalue weighted by Crippen LogP contribution is -2.30. The Morgan fingerprint density at radius 2 is 1.50 bits per heavy atom. The van der Waals surface area contributed by atoms with Gasteiger partial charge in [-0.15, -0.1) is 0 Å². The van der Waals surface area contributed by atoms with E-state index in [-0.39, 0.29) is 5.91 Å². The van der Waals surface area contributed by atoms with Crippen molar-refractivity contribution in [3.63, 3.8) is 0 Å². The van der Waals surface area contributed by atoms with Crippen LogP contribution in [0.4, 0.5) is 5.69 Å². The highest BCUT2D eigenvalue weighted by atomic mass is 16.2. The first-order chi connectivity index (χ1) is 16.7. The van der Waals surface area contributed by atoms with Crippen LogP contribution < -0.4 is 10.6 Å². The molecule has 0 unspecified atom stereocenters. The summed E-state index contributed by atoms with van der Waals surface area (Å²) in [5.41, 5.74) is 8.29. The molecule has 0 atom stereocenters. The van der Waals surface area contributed by atoms with Gasteiger partial charge in [0.05, 0.1) is 0 Å². The monoisotopic (exact) mass is 453 g/mol. The summed E-state index contributed by atoms with van der Waals surface area (Å²) in [5.74, 6) is 0.0970. The molecule has 4 nitrogen and oxygen atoms in total. The normalized spacial score (nSPS) is 13.4. The van der Waals surface area contributed by atoms with Crippen molar-refractivity contribution < 1.29 is 4.79 Å². The Labute approximate surface area is 203 Å². The van der Waals surface area contributed by atoms with Crippen LogP contribution in [-0.4, -0.2) is 37.0 Å². The van der Waals surface area contributed by atoms with E-state index in [0.717, 1.165) is 56.8 Å². The molecule has 0 aromatic heterocycles. The van der Waals surface area contributed by atoms with Crippen LogP contribution in [0.5, 0.6) is 0 Å². The molecule has 1 fully saturated rings. The summed E-state index contributed by atoms with van der Waals surface area (Å²) in [7, 11) is 0. The Morgan fingerprint density at radius 3 is 2.18 bits per heavy atom. The third kappa shape index (κ3) is 5.75. The van der Waals surface area contributed by atoms with Gasteiger partial charge < -0.3 is 15.5 Å². The first kappa shape index (κ1) is 23.8. The molecule has 1 aliphatic heterocycles. The maximum Gasteiger partial charge on any atom is 0.253 e. The van der Waals surface area contributed by atoms with Gasteiger partial charge in [0.15, 0.2) is 0 Å². The smallest absolute Gasteiger partial charge is 0.253 e. The summed E-state index contributed by atoms with van der Waals surface area (Å²) in [6.45, 7) is 8.29. The van der Waals surface area contributed by atoms with E-state index in [1.165, 1.54) is 27.8 Å². The number of anilines is 1. The van der Waals surface area contributed by atoms with Crippen molar-refractivity contribution in [2.75, 3.05) is 31.5 Å². The summed E-state index contributed by atoms with van der Waals surface area (Å²) in [4.78, 5) is 14.7. The summed E-state index contributed by atoms with van der Waals surface area (Å²) in [5, 5.41) is 7.05. The second-order valence-electron chi connectivity index (χ2n) is 8.70. The maximum absolute atomic E-state index is 12.8. The molecule has 0 bridgehead atoms. The van der Waals surface area contributed by atoms with E-state index in [0.29, 0.717) is 0 Å². The Bertz CT molecular complexity index is 1110. The fourth-order valence-corrected chi connectivity index (χ4v) is 4.61. The minimum absolute atomic E-state index is 0.0970. The van der Waals surface area contributed by atoms with Crippen LogP contribution in [0.25, 0.3) is 5.57 Å². The molecule has 0 aliphatic carbocycles. The molecule has 1 heterocycles. The van der Waals surface area contributed by atoms with E-state index in [1.54, 1.807) is 0 Å². The molecule has 4 rings (SSSR count). The Kier molecular flexibility index (Phi) is 8.16. The molecule has 0 spiro atoms. The molecule has 176 valence electrons. The minimum atomic E-state index is 0.0970. The molecular weight excluding hydrogens is 418 g/mol. The third-order valence-electron chi connectivity index (χ3n) is 6.52. The lowest BCUT2D eigenvalue weighted by Gasteiger charge is -2.22. The van der Waals surface area contributed by atoms with Gasteiger partial charge >= 0.3 is 0 Å². The van der Waals surface area contributed by atoms with Crippen molar-refractivity contribution in [3.8, 4) is 0 Å². The molecule has 1 aliphatic rings. The second kappa shape index (κ2) is 11.7. The van der Waals surface area contributed by atoms with E-state index in [1.807, 2.05) is 36.9 Å². The first-order valence-corrected chi connectivity index (χ1v) is 12.4. The fraction of sp³-hybridized carbons (Fsp3) is 0.300. The lowest BCUT2D eigenvalue weighted by atomic mass is 9.88. The van der Waals surface area contributed by atoms with Crippen LogP contribution in [0.2, 0.25) is 0 Å². The summed E-state index contributed by atoms with van der Waals surface area (Å²) in [6, 6.07) is 27.4. The fourth-order valence-electron chi connectivity index (χ4n) is 4.61. The molecule has 34 heavy (non-hydrogen) atoms. The molecule has 0 saturated carbocycles. The number of piperidine rings is 1. The van der Waals surface area contributed by atoms with Crippen molar-refractivity contribution in [3.05, 3.63) is 107 Å². The van der Waals surface area contributed by atoms with Crippen molar-refractivity contribution in [1.82, 2.24) is 10.2 Å². The van der Waals surface area contributed by atoms with Gasteiger partial charge in [-0.3, -0.25) is 4.79 Å². The van der Waals surface area contributed by atoms with Crippen molar-refractivity contribution in [2.45, 2.75) is 33.2 Å². The van der Waals surface area contributed by atoms with Gasteiger partial charge in [0.1, 0.15) is 0 Å². The second-order valence-corrected chi connectivity index (χ2v) is 8.70. The quantitative estimate of drug-likeness (QED) is 0.442. The van der Waals surface area contributed by atoms with E-state index < -0.39 is 0 Å². The number of nitrogens with zero attached hydrogens (tertiary/aromatic N) is 1. The van der Waals surface area contributed by atoms with Crippen molar-refractivity contribution in [2.24, 2.45) is 0 Å². The van der Waals surface area contributed by atoms with Crippen LogP contribution in [0.3, 0.4) is 0 Å². The van der Waals surface area contributed by atoms with E-state index in [4.69, 9.17) is 0 Å². The van der Waals surface area contributed by atoms with Crippen LogP contribution in [0.15, 0.2) is 84.4 Å². The predicted octanol–water partition coefficient (Wildman–Crippen LogP) is 5.97. The first-order valence-electron chi connectivity index (χ1n) is 12.4. The molecule has 3 aromatic rings. The predicted molar refractivity (Wildman–Crippen MR) is 142 cm³/mol. The summed E-state index contributed by atoms with van der Waals surface area (Å²) in [6.07, 6.45) is 2.08. The van der Waals surface area contributed by atoms with Gasteiger partial charge in [0, 0.05) is 30.9 Å². The molecule has 2 N–H and O–H groups in total. The number of nitrogens with one attached hydrogen (secondary N) is 2. The van der Waals surface area contributed by atoms with Gasteiger partial charge in [-0.1, -0.05) is 60.2 Å². The number of amides is 1. The van der Waals surface area contributed by atoms with Gasteiger partial charge in [-0.2, -0.15) is 0 Å². The lowest BCUT2D eigenvalue weighted by molar-refractivity contribution is 0.0773. The number of rotatable bonds is 8. The van der Waals surface area contributed by atoms with Crippen LogP contribution in [0, 0.1) is 0 Å². The molecule has 1 amide bonds. The number of hydrogen-bond donors (Lipinski definition) is 2. The van der Waals surface area contributed by atoms with Crippen molar-refractivity contribution in [1.29, 1.82) is 0 Å². The zero-order valence-electron chi connectivity index (χ0n) is 20.3. The number of benzene rings is 3. The van der Waals surface area contributed by atoms with E-state index in [9.17, 15) is 4.79 Å². The molecule has 3 aromatic carbocycles. The van der Waals surface area contributed by atoms with Crippen molar-refractivity contribution >= 4 is 17.2 Å². The summed E-state index contributed by atoms with van der Waals surface area (Å²) < 4.78 is 0. The third-order valence-corrected chi connectivity index (χ3v) is 6.52. The van der Waals surface area contributed by atoms with Gasteiger partial charge in [-0.05, 0) is 86.3 Å². The highest BCUT2D eigenvalue weighted by molar-refractivity contribution is 5.95. The number of carbonyl (C=O) groups is 1. The number of hydrogen-bond acceptors (Lipinski definition) is 3. The zero-order valence-corrected chi connectivity index (χ0v) is 20.3. The number of carbonyl (C=O) groups excluding carboxylic acids is 1. The topological polar surface area (TPSA) is 44.4 Å². The van der Waals surface area contributed by atoms with E-state index >= 15 is 0 Å². The molecule has 1 saturated heterocycles. The largest absolute Gasteiger partial charge is 0.381 e. The highest BCUT2D eigenvalue weighted by Gasteiger charge is 2.17. The average molecular weight is 454 g/mol.